The lowest BCUT2D eigenvalue weighted by Crippen LogP contribution is -2.21. The summed E-state index contributed by atoms with van der Waals surface area (Å²) in [7, 11) is 0. The van der Waals surface area contributed by atoms with Gasteiger partial charge in [-0.1, -0.05) is 35.3 Å². The SMILES string of the molecule is O=c1c(Cl)nccn1Cc1ccc(Cl)cc1. The summed E-state index contributed by atoms with van der Waals surface area (Å²) in [4.78, 5) is 15.3. The predicted molar refractivity (Wildman–Crippen MR) is 64.1 cm³/mol. The van der Waals surface area contributed by atoms with E-state index in [-0.39, 0.29) is 10.7 Å². The molecule has 0 atom stereocenters. The summed E-state index contributed by atoms with van der Waals surface area (Å²) in [6.45, 7) is 0.457. The van der Waals surface area contributed by atoms with E-state index >= 15 is 0 Å². The molecule has 82 valence electrons. The van der Waals surface area contributed by atoms with Crippen LogP contribution >= 0.6 is 23.2 Å². The lowest BCUT2D eigenvalue weighted by molar-refractivity contribution is 0.748. The van der Waals surface area contributed by atoms with Crippen LogP contribution in [0.3, 0.4) is 0 Å². The third-order valence-electron chi connectivity index (χ3n) is 2.14. The number of rotatable bonds is 2. The predicted octanol–water partition coefficient (Wildman–Crippen LogP) is 2.60. The molecular weight excluding hydrogens is 247 g/mol. The fourth-order valence-electron chi connectivity index (χ4n) is 1.33. The lowest BCUT2D eigenvalue weighted by Gasteiger charge is -2.05. The highest BCUT2D eigenvalue weighted by Gasteiger charge is 2.02. The summed E-state index contributed by atoms with van der Waals surface area (Å²) in [6.07, 6.45) is 3.10. The first-order valence-corrected chi connectivity index (χ1v) is 5.38. The van der Waals surface area contributed by atoms with Crippen LogP contribution in [0, 0.1) is 0 Å². The van der Waals surface area contributed by atoms with Gasteiger partial charge in [0.15, 0.2) is 5.15 Å². The Labute approximate surface area is 102 Å². The molecule has 0 aliphatic heterocycles. The average molecular weight is 255 g/mol. The van der Waals surface area contributed by atoms with Crippen LogP contribution < -0.4 is 5.56 Å². The molecule has 1 heterocycles. The second kappa shape index (κ2) is 4.68. The van der Waals surface area contributed by atoms with E-state index in [1.54, 1.807) is 18.3 Å². The minimum Gasteiger partial charge on any atom is -0.307 e. The first-order chi connectivity index (χ1) is 7.66. The highest BCUT2D eigenvalue weighted by molar-refractivity contribution is 6.30. The zero-order chi connectivity index (χ0) is 11.5. The van der Waals surface area contributed by atoms with Crippen molar-refractivity contribution in [2.45, 2.75) is 6.54 Å². The average Bonchev–Trinajstić information content (AvgIpc) is 2.28. The number of halogens is 2. The molecule has 0 N–H and O–H groups in total. The Morgan fingerprint density at radius 2 is 1.88 bits per heavy atom. The summed E-state index contributed by atoms with van der Waals surface area (Å²) < 4.78 is 1.50. The number of nitrogens with zero attached hydrogens (tertiary/aromatic N) is 2. The molecule has 0 unspecified atom stereocenters. The number of hydrogen-bond acceptors (Lipinski definition) is 2. The lowest BCUT2D eigenvalue weighted by atomic mass is 10.2. The molecule has 16 heavy (non-hydrogen) atoms. The maximum atomic E-state index is 11.6. The summed E-state index contributed by atoms with van der Waals surface area (Å²) in [5.41, 5.74) is 0.688. The Morgan fingerprint density at radius 3 is 2.56 bits per heavy atom. The van der Waals surface area contributed by atoms with Gasteiger partial charge in [-0.25, -0.2) is 4.98 Å². The van der Waals surface area contributed by atoms with Crippen LogP contribution in [0.25, 0.3) is 0 Å². The van der Waals surface area contributed by atoms with Crippen LogP contribution in [0.2, 0.25) is 10.2 Å². The van der Waals surface area contributed by atoms with E-state index in [9.17, 15) is 4.79 Å². The van der Waals surface area contributed by atoms with Crippen LogP contribution in [0.15, 0.2) is 41.5 Å². The van der Waals surface area contributed by atoms with Crippen molar-refractivity contribution in [3.63, 3.8) is 0 Å². The van der Waals surface area contributed by atoms with E-state index in [0.29, 0.717) is 11.6 Å². The van der Waals surface area contributed by atoms with Gasteiger partial charge in [-0.3, -0.25) is 4.79 Å². The van der Waals surface area contributed by atoms with Gasteiger partial charge in [0, 0.05) is 17.4 Å². The van der Waals surface area contributed by atoms with Crippen molar-refractivity contribution in [2.75, 3.05) is 0 Å². The van der Waals surface area contributed by atoms with E-state index in [2.05, 4.69) is 4.98 Å². The van der Waals surface area contributed by atoms with E-state index < -0.39 is 0 Å². The fraction of sp³-hybridized carbons (Fsp3) is 0.0909. The molecule has 0 radical (unpaired) electrons. The molecule has 0 saturated carbocycles. The second-order valence-corrected chi connectivity index (χ2v) is 4.07. The quantitative estimate of drug-likeness (QED) is 0.826. The molecule has 0 aliphatic carbocycles. The van der Waals surface area contributed by atoms with Gasteiger partial charge in [0.05, 0.1) is 6.54 Å². The fourth-order valence-corrected chi connectivity index (χ4v) is 1.62. The Morgan fingerprint density at radius 1 is 1.19 bits per heavy atom. The zero-order valence-electron chi connectivity index (χ0n) is 8.23. The molecule has 5 heteroatoms. The highest BCUT2D eigenvalue weighted by atomic mass is 35.5. The summed E-state index contributed by atoms with van der Waals surface area (Å²) >= 11 is 11.4. The molecule has 2 rings (SSSR count). The Balaban J connectivity index is 2.31. The zero-order valence-corrected chi connectivity index (χ0v) is 9.74. The van der Waals surface area contributed by atoms with Crippen molar-refractivity contribution in [3.8, 4) is 0 Å². The number of benzene rings is 1. The molecule has 1 aromatic carbocycles. The molecule has 0 saturated heterocycles. The van der Waals surface area contributed by atoms with Crippen molar-refractivity contribution in [1.82, 2.24) is 9.55 Å². The largest absolute Gasteiger partial charge is 0.307 e. The number of hydrogen-bond donors (Lipinski definition) is 0. The molecule has 0 spiro atoms. The van der Waals surface area contributed by atoms with Gasteiger partial charge >= 0.3 is 0 Å². The molecule has 3 nitrogen and oxygen atoms in total. The smallest absolute Gasteiger partial charge is 0.288 e. The minimum atomic E-state index is -0.292. The van der Waals surface area contributed by atoms with Gasteiger partial charge < -0.3 is 4.57 Å². The van der Waals surface area contributed by atoms with E-state index in [0.717, 1.165) is 5.56 Å². The van der Waals surface area contributed by atoms with Gasteiger partial charge in [0.2, 0.25) is 0 Å². The van der Waals surface area contributed by atoms with Crippen molar-refractivity contribution in [2.24, 2.45) is 0 Å². The van der Waals surface area contributed by atoms with Crippen molar-refractivity contribution >= 4 is 23.2 Å². The maximum absolute atomic E-state index is 11.6. The van der Waals surface area contributed by atoms with E-state index in [1.165, 1.54) is 10.8 Å². The second-order valence-electron chi connectivity index (χ2n) is 3.28. The van der Waals surface area contributed by atoms with Gasteiger partial charge in [-0.05, 0) is 17.7 Å². The third-order valence-corrected chi connectivity index (χ3v) is 2.65. The van der Waals surface area contributed by atoms with E-state index in [1.807, 2.05) is 12.1 Å². The van der Waals surface area contributed by atoms with Gasteiger partial charge in [-0.2, -0.15) is 0 Å². The molecular formula is C11H8Cl2N2O. The first-order valence-electron chi connectivity index (χ1n) is 4.62. The maximum Gasteiger partial charge on any atom is 0.288 e. The van der Waals surface area contributed by atoms with E-state index in [4.69, 9.17) is 23.2 Å². The van der Waals surface area contributed by atoms with Crippen LogP contribution in [-0.2, 0) is 6.54 Å². The summed E-state index contributed by atoms with van der Waals surface area (Å²) in [5.74, 6) is 0. The standard InChI is InChI=1S/C11H8Cl2N2O/c12-9-3-1-8(2-4-9)7-15-6-5-14-10(13)11(15)16/h1-6H,7H2. The van der Waals surface area contributed by atoms with Crippen LogP contribution in [0.1, 0.15) is 5.56 Å². The van der Waals surface area contributed by atoms with Crippen LogP contribution in [0.4, 0.5) is 0 Å². The van der Waals surface area contributed by atoms with Gasteiger partial charge in [-0.15, -0.1) is 0 Å². The molecule has 1 aromatic heterocycles. The van der Waals surface area contributed by atoms with Crippen molar-refractivity contribution in [1.29, 1.82) is 0 Å². The topological polar surface area (TPSA) is 34.9 Å². The number of aromatic nitrogens is 2. The highest BCUT2D eigenvalue weighted by Crippen LogP contribution is 2.10. The normalized spacial score (nSPS) is 10.4. The van der Waals surface area contributed by atoms with Gasteiger partial charge in [0.25, 0.3) is 5.56 Å². The molecule has 0 aliphatic rings. The summed E-state index contributed by atoms with van der Waals surface area (Å²) in [5, 5.41) is 0.653. The Hall–Kier alpha value is -1.32. The Bertz CT molecular complexity index is 549. The molecule has 0 bridgehead atoms. The first kappa shape index (κ1) is 11.2. The van der Waals surface area contributed by atoms with Crippen LogP contribution in [0.5, 0.6) is 0 Å². The molecule has 0 fully saturated rings. The summed E-state index contributed by atoms with van der Waals surface area (Å²) in [6, 6.07) is 7.29. The van der Waals surface area contributed by atoms with Crippen LogP contribution in [-0.4, -0.2) is 9.55 Å². The molecule has 2 aromatic rings. The van der Waals surface area contributed by atoms with Gasteiger partial charge in [0.1, 0.15) is 0 Å². The third kappa shape index (κ3) is 2.43. The Kier molecular flexibility index (Phi) is 3.27. The van der Waals surface area contributed by atoms with Crippen molar-refractivity contribution < 1.29 is 0 Å². The minimum absolute atomic E-state index is 0.0172. The monoisotopic (exact) mass is 254 g/mol. The molecule has 0 amide bonds. The van der Waals surface area contributed by atoms with Crippen molar-refractivity contribution in [3.05, 3.63) is 62.8 Å².